The number of nitrogens with one attached hydrogen (secondary N) is 1. The number of hydrogen-bond acceptors (Lipinski definition) is 4. The Morgan fingerprint density at radius 1 is 1.14 bits per heavy atom. The molecule has 1 fully saturated rings. The second-order valence-corrected chi connectivity index (χ2v) is 7.40. The summed E-state index contributed by atoms with van der Waals surface area (Å²) in [6.07, 6.45) is 2.76. The fourth-order valence-electron chi connectivity index (χ4n) is 3.35. The van der Waals surface area contributed by atoms with Crippen LogP contribution < -0.4 is 5.32 Å². The topological polar surface area (TPSA) is 71.3 Å². The number of rotatable bonds is 3. The van der Waals surface area contributed by atoms with E-state index in [-0.39, 0.29) is 12.1 Å². The normalized spacial score (nSPS) is 16.8. The SMILES string of the molecule is Cc1ccc(NC(=O)N2CCCC[C@@H]2c2nc(-c3ccc(Cl)cc3)no2)cc1. The zero-order valence-electron chi connectivity index (χ0n) is 15.6. The number of amides is 2. The number of carbonyl (C=O) groups is 1. The highest BCUT2D eigenvalue weighted by Crippen LogP contribution is 2.32. The third-order valence-corrected chi connectivity index (χ3v) is 5.15. The second kappa shape index (κ2) is 8.02. The number of likely N-dealkylation sites (tertiary alicyclic amines) is 1. The summed E-state index contributed by atoms with van der Waals surface area (Å²) < 4.78 is 5.52. The smallest absolute Gasteiger partial charge is 0.322 e. The van der Waals surface area contributed by atoms with Gasteiger partial charge in [-0.05, 0) is 62.6 Å². The number of urea groups is 1. The van der Waals surface area contributed by atoms with E-state index in [1.807, 2.05) is 43.3 Å². The minimum absolute atomic E-state index is 0.153. The fourth-order valence-corrected chi connectivity index (χ4v) is 3.48. The van der Waals surface area contributed by atoms with E-state index in [9.17, 15) is 4.79 Å². The van der Waals surface area contributed by atoms with Gasteiger partial charge in [-0.15, -0.1) is 0 Å². The zero-order chi connectivity index (χ0) is 19.5. The standard InChI is InChI=1S/C21H21ClN4O2/c1-14-5-11-17(12-6-14)23-21(27)26-13-3-2-4-18(26)20-24-19(25-28-20)15-7-9-16(22)10-8-15/h5-12,18H,2-4,13H2,1H3,(H,23,27)/t18-/m1/s1. The highest BCUT2D eigenvalue weighted by atomic mass is 35.5. The molecule has 0 saturated carbocycles. The molecular weight excluding hydrogens is 376 g/mol. The predicted octanol–water partition coefficient (Wildman–Crippen LogP) is 5.46. The van der Waals surface area contributed by atoms with Crippen molar-refractivity contribution >= 4 is 23.3 Å². The summed E-state index contributed by atoms with van der Waals surface area (Å²) in [5.41, 5.74) is 2.74. The van der Waals surface area contributed by atoms with Gasteiger partial charge in [0.2, 0.25) is 11.7 Å². The molecule has 1 atom stereocenters. The van der Waals surface area contributed by atoms with Crippen LogP contribution in [-0.2, 0) is 0 Å². The van der Waals surface area contributed by atoms with Crippen LogP contribution in [-0.4, -0.2) is 27.6 Å². The minimum Gasteiger partial charge on any atom is -0.337 e. The molecule has 6 nitrogen and oxygen atoms in total. The van der Waals surface area contributed by atoms with Crippen molar-refractivity contribution in [3.8, 4) is 11.4 Å². The summed E-state index contributed by atoms with van der Waals surface area (Å²) in [7, 11) is 0. The van der Waals surface area contributed by atoms with Crippen molar-refractivity contribution in [3.63, 3.8) is 0 Å². The fraction of sp³-hybridized carbons (Fsp3) is 0.286. The molecule has 4 rings (SSSR count). The molecule has 1 saturated heterocycles. The summed E-state index contributed by atoms with van der Waals surface area (Å²) in [6, 6.07) is 14.6. The first-order chi connectivity index (χ1) is 13.6. The number of anilines is 1. The molecule has 0 bridgehead atoms. The summed E-state index contributed by atoms with van der Waals surface area (Å²) in [5, 5.41) is 7.71. The lowest BCUT2D eigenvalue weighted by Gasteiger charge is -2.33. The van der Waals surface area contributed by atoms with Crippen molar-refractivity contribution in [1.82, 2.24) is 15.0 Å². The molecule has 7 heteroatoms. The number of aryl methyl sites for hydroxylation is 1. The van der Waals surface area contributed by atoms with Gasteiger partial charge in [0.1, 0.15) is 6.04 Å². The molecule has 28 heavy (non-hydrogen) atoms. The maximum Gasteiger partial charge on any atom is 0.322 e. The Balaban J connectivity index is 1.53. The zero-order valence-corrected chi connectivity index (χ0v) is 16.3. The van der Waals surface area contributed by atoms with Crippen LogP contribution in [0.2, 0.25) is 5.02 Å². The van der Waals surface area contributed by atoms with Crippen molar-refractivity contribution in [2.75, 3.05) is 11.9 Å². The van der Waals surface area contributed by atoms with E-state index in [0.29, 0.717) is 23.3 Å². The summed E-state index contributed by atoms with van der Waals surface area (Å²) in [4.78, 5) is 19.2. The van der Waals surface area contributed by atoms with Crippen LogP contribution in [0.15, 0.2) is 53.1 Å². The molecule has 2 aromatic carbocycles. The van der Waals surface area contributed by atoms with Gasteiger partial charge in [0, 0.05) is 22.8 Å². The monoisotopic (exact) mass is 396 g/mol. The Bertz CT molecular complexity index is 953. The number of nitrogens with zero attached hydrogens (tertiary/aromatic N) is 3. The first kappa shape index (κ1) is 18.5. The van der Waals surface area contributed by atoms with E-state index >= 15 is 0 Å². The van der Waals surface area contributed by atoms with Crippen LogP contribution in [0.5, 0.6) is 0 Å². The van der Waals surface area contributed by atoms with Gasteiger partial charge in [-0.1, -0.05) is 34.5 Å². The summed E-state index contributed by atoms with van der Waals surface area (Å²) in [6.45, 7) is 2.67. The molecule has 1 N–H and O–H groups in total. The molecule has 1 aliphatic heterocycles. The number of benzene rings is 2. The van der Waals surface area contributed by atoms with Gasteiger partial charge in [0.05, 0.1) is 0 Å². The molecule has 2 amide bonds. The maximum atomic E-state index is 12.9. The molecule has 0 radical (unpaired) electrons. The first-order valence-electron chi connectivity index (χ1n) is 9.34. The van der Waals surface area contributed by atoms with E-state index in [0.717, 1.165) is 36.1 Å². The van der Waals surface area contributed by atoms with E-state index < -0.39 is 0 Å². The van der Waals surface area contributed by atoms with Crippen LogP contribution >= 0.6 is 11.6 Å². The number of hydrogen-bond donors (Lipinski definition) is 1. The van der Waals surface area contributed by atoms with E-state index in [2.05, 4.69) is 15.5 Å². The van der Waals surface area contributed by atoms with Crippen molar-refractivity contribution in [2.45, 2.75) is 32.2 Å². The molecule has 3 aromatic rings. The molecule has 2 heterocycles. The second-order valence-electron chi connectivity index (χ2n) is 6.96. The Morgan fingerprint density at radius 3 is 2.64 bits per heavy atom. The number of aromatic nitrogens is 2. The maximum absolute atomic E-state index is 12.9. The largest absolute Gasteiger partial charge is 0.337 e. The van der Waals surface area contributed by atoms with Crippen LogP contribution in [0.4, 0.5) is 10.5 Å². The van der Waals surface area contributed by atoms with E-state index in [1.54, 1.807) is 17.0 Å². The predicted molar refractivity (Wildman–Crippen MR) is 108 cm³/mol. The number of halogens is 1. The number of piperidine rings is 1. The highest BCUT2D eigenvalue weighted by Gasteiger charge is 2.32. The average Bonchev–Trinajstić information content (AvgIpc) is 3.20. The quantitative estimate of drug-likeness (QED) is 0.638. The lowest BCUT2D eigenvalue weighted by atomic mass is 10.0. The third kappa shape index (κ3) is 4.02. The van der Waals surface area contributed by atoms with Gasteiger partial charge in [0.25, 0.3) is 0 Å². The molecule has 0 unspecified atom stereocenters. The molecule has 144 valence electrons. The lowest BCUT2D eigenvalue weighted by molar-refractivity contribution is 0.142. The van der Waals surface area contributed by atoms with Gasteiger partial charge in [-0.25, -0.2) is 4.79 Å². The van der Waals surface area contributed by atoms with Gasteiger partial charge in [-0.2, -0.15) is 4.98 Å². The van der Waals surface area contributed by atoms with Gasteiger partial charge >= 0.3 is 6.03 Å². The van der Waals surface area contributed by atoms with Crippen molar-refractivity contribution < 1.29 is 9.32 Å². The van der Waals surface area contributed by atoms with Crippen molar-refractivity contribution in [3.05, 3.63) is 65.0 Å². The molecule has 1 aliphatic rings. The Kier molecular flexibility index (Phi) is 5.30. The third-order valence-electron chi connectivity index (χ3n) is 4.90. The first-order valence-corrected chi connectivity index (χ1v) is 9.72. The Morgan fingerprint density at radius 2 is 1.89 bits per heavy atom. The van der Waals surface area contributed by atoms with E-state index in [1.165, 1.54) is 0 Å². The minimum atomic E-state index is -0.229. The molecule has 0 spiro atoms. The van der Waals surface area contributed by atoms with Gasteiger partial charge in [-0.3, -0.25) is 0 Å². The van der Waals surface area contributed by atoms with Crippen molar-refractivity contribution in [1.29, 1.82) is 0 Å². The van der Waals surface area contributed by atoms with Crippen LogP contribution in [0, 0.1) is 6.92 Å². The van der Waals surface area contributed by atoms with Gasteiger partial charge < -0.3 is 14.7 Å². The van der Waals surface area contributed by atoms with Gasteiger partial charge in [0.15, 0.2) is 0 Å². The Hall–Kier alpha value is -2.86. The lowest BCUT2D eigenvalue weighted by Crippen LogP contribution is -2.41. The number of carbonyl (C=O) groups excluding carboxylic acids is 1. The summed E-state index contributed by atoms with van der Waals surface area (Å²) in [5.74, 6) is 0.958. The molecule has 1 aromatic heterocycles. The molecule has 0 aliphatic carbocycles. The van der Waals surface area contributed by atoms with Crippen LogP contribution in [0.1, 0.15) is 36.8 Å². The van der Waals surface area contributed by atoms with Crippen LogP contribution in [0.25, 0.3) is 11.4 Å². The summed E-state index contributed by atoms with van der Waals surface area (Å²) >= 11 is 5.94. The van der Waals surface area contributed by atoms with E-state index in [4.69, 9.17) is 16.1 Å². The highest BCUT2D eigenvalue weighted by molar-refractivity contribution is 6.30. The van der Waals surface area contributed by atoms with Crippen LogP contribution in [0.3, 0.4) is 0 Å². The molecular formula is C21H21ClN4O2. The van der Waals surface area contributed by atoms with Crippen molar-refractivity contribution in [2.24, 2.45) is 0 Å². The average molecular weight is 397 g/mol. The Labute approximate surface area is 168 Å².